The van der Waals surface area contributed by atoms with Gasteiger partial charge < -0.3 is 9.05 Å². The minimum Gasteiger partial charge on any atom is -0.307 e. The molecule has 1 saturated heterocycles. The van der Waals surface area contributed by atoms with Gasteiger partial charge in [-0.05, 0) is 20.3 Å². The Labute approximate surface area is 101 Å². The Hall–Kier alpha value is 0.450. The fourth-order valence-electron chi connectivity index (χ4n) is 1.47. The van der Waals surface area contributed by atoms with Crippen LogP contribution in [0.15, 0.2) is 0 Å². The maximum Gasteiger partial charge on any atom is 0.358 e. The molecule has 0 aromatic heterocycles. The first-order chi connectivity index (χ1) is 7.55. The lowest BCUT2D eigenvalue weighted by molar-refractivity contribution is 0.222. The largest absolute Gasteiger partial charge is 0.358 e. The molecule has 5 nitrogen and oxygen atoms in total. The summed E-state index contributed by atoms with van der Waals surface area (Å²) in [5.74, 6) is 0.834. The third-order valence-electron chi connectivity index (χ3n) is 2.02. The van der Waals surface area contributed by atoms with Gasteiger partial charge in [-0.1, -0.05) is 0 Å². The summed E-state index contributed by atoms with van der Waals surface area (Å²) < 4.78 is 45.2. The highest BCUT2D eigenvalue weighted by atomic mass is 32.3. The molecule has 0 radical (unpaired) electrons. The lowest BCUT2D eigenvalue weighted by Gasteiger charge is -2.27. The van der Waals surface area contributed by atoms with E-state index in [2.05, 4.69) is 0 Å². The molecule has 0 N–H and O–H groups in total. The molecule has 0 aromatic carbocycles. The van der Waals surface area contributed by atoms with E-state index in [1.807, 2.05) is 0 Å². The van der Waals surface area contributed by atoms with Crippen LogP contribution in [0.3, 0.4) is 0 Å². The molecule has 0 spiro atoms. The van der Waals surface area contributed by atoms with Gasteiger partial charge in [0.05, 0.1) is 13.2 Å². The van der Waals surface area contributed by atoms with Crippen molar-refractivity contribution < 1.29 is 22.0 Å². The fourth-order valence-corrected chi connectivity index (χ4v) is 9.15. The van der Waals surface area contributed by atoms with Gasteiger partial charge in [0.25, 0.3) is 0 Å². The molecule has 1 fully saturated rings. The van der Waals surface area contributed by atoms with Gasteiger partial charge in [-0.2, -0.15) is 0 Å². The van der Waals surface area contributed by atoms with Crippen molar-refractivity contribution in [2.75, 3.05) is 24.7 Å². The second-order valence-corrected chi connectivity index (χ2v) is 9.60. The Morgan fingerprint density at radius 3 is 1.94 bits per heavy atom. The summed E-state index contributed by atoms with van der Waals surface area (Å²) in [5, 5.41) is 0. The minimum absolute atomic E-state index is 0.197. The first-order valence-electron chi connectivity index (χ1n) is 5.18. The zero-order valence-electron chi connectivity index (χ0n) is 9.42. The molecule has 0 bridgehead atoms. The van der Waals surface area contributed by atoms with E-state index >= 15 is 0 Å². The van der Waals surface area contributed by atoms with Gasteiger partial charge in [-0.25, -0.2) is 0 Å². The topological polar surface area (TPSA) is 69.7 Å². The Morgan fingerprint density at radius 2 is 1.56 bits per heavy atom. The van der Waals surface area contributed by atoms with E-state index in [1.165, 1.54) is 0 Å². The van der Waals surface area contributed by atoms with Gasteiger partial charge in [0, 0.05) is 33.1 Å². The van der Waals surface area contributed by atoms with Crippen molar-refractivity contribution >= 4 is 29.2 Å². The number of hydrogen-bond acceptors (Lipinski definition) is 5. The van der Waals surface area contributed by atoms with E-state index < -0.39 is 33.5 Å². The molecular formula is C8H17O5PS2. The molecule has 8 heteroatoms. The van der Waals surface area contributed by atoms with Crippen LogP contribution in [0.5, 0.6) is 0 Å². The highest BCUT2D eigenvalue weighted by molar-refractivity contribution is 8.12. The van der Waals surface area contributed by atoms with Crippen LogP contribution in [0.2, 0.25) is 0 Å². The Kier molecular flexibility index (Phi) is 5.81. The molecule has 1 rings (SSSR count). The first-order valence-corrected chi connectivity index (χ1v) is 9.56. The SMILES string of the molecule is CCOP(=O)(OCC)C1S(=O)CCCS1=O. The summed E-state index contributed by atoms with van der Waals surface area (Å²) in [7, 11) is -6.29. The smallest absolute Gasteiger partial charge is 0.307 e. The quantitative estimate of drug-likeness (QED) is 0.716. The van der Waals surface area contributed by atoms with E-state index in [0.29, 0.717) is 17.9 Å². The van der Waals surface area contributed by atoms with Crippen molar-refractivity contribution in [3.63, 3.8) is 0 Å². The zero-order chi connectivity index (χ0) is 12.2. The van der Waals surface area contributed by atoms with Gasteiger partial charge in [-0.15, -0.1) is 0 Å². The Morgan fingerprint density at radius 1 is 1.12 bits per heavy atom. The monoisotopic (exact) mass is 288 g/mol. The molecule has 1 aliphatic heterocycles. The van der Waals surface area contributed by atoms with Crippen molar-refractivity contribution in [3.8, 4) is 0 Å². The van der Waals surface area contributed by atoms with Crippen LogP contribution in [0.1, 0.15) is 20.3 Å². The third kappa shape index (κ3) is 3.23. The van der Waals surface area contributed by atoms with Gasteiger partial charge in [-0.3, -0.25) is 13.0 Å². The molecule has 0 aliphatic carbocycles. The Bertz CT molecular complexity index is 306. The van der Waals surface area contributed by atoms with Crippen molar-refractivity contribution in [3.05, 3.63) is 0 Å². The molecule has 0 amide bonds. The van der Waals surface area contributed by atoms with Crippen LogP contribution in [0, 0.1) is 0 Å². The predicted octanol–water partition coefficient (Wildman–Crippen LogP) is 1.44. The highest BCUT2D eigenvalue weighted by Crippen LogP contribution is 2.56. The van der Waals surface area contributed by atoms with Crippen LogP contribution in [-0.2, 0) is 35.2 Å². The normalized spacial score (nSPS) is 31.5. The molecular weight excluding hydrogens is 271 g/mol. The van der Waals surface area contributed by atoms with Gasteiger partial charge in [0.15, 0.2) is 0 Å². The summed E-state index contributed by atoms with van der Waals surface area (Å²) in [4.78, 5) is 0. The molecule has 2 unspecified atom stereocenters. The molecule has 1 heterocycles. The average molecular weight is 288 g/mol. The Balaban J connectivity index is 2.95. The second kappa shape index (κ2) is 6.40. The van der Waals surface area contributed by atoms with Crippen LogP contribution in [0.4, 0.5) is 0 Å². The average Bonchev–Trinajstić information content (AvgIpc) is 2.17. The van der Waals surface area contributed by atoms with Crippen molar-refractivity contribution in [2.24, 2.45) is 0 Å². The maximum atomic E-state index is 12.4. The van der Waals surface area contributed by atoms with Crippen LogP contribution in [0.25, 0.3) is 0 Å². The van der Waals surface area contributed by atoms with Crippen LogP contribution in [-0.4, -0.2) is 37.5 Å². The zero-order valence-corrected chi connectivity index (χ0v) is 11.9. The minimum atomic E-state index is -3.51. The lowest BCUT2D eigenvalue weighted by Crippen LogP contribution is -2.32. The van der Waals surface area contributed by atoms with E-state index in [1.54, 1.807) is 13.8 Å². The van der Waals surface area contributed by atoms with Crippen molar-refractivity contribution in [1.29, 1.82) is 0 Å². The lowest BCUT2D eigenvalue weighted by atomic mass is 10.6. The molecule has 16 heavy (non-hydrogen) atoms. The van der Waals surface area contributed by atoms with Crippen LogP contribution < -0.4 is 0 Å². The molecule has 0 aromatic rings. The molecule has 96 valence electrons. The van der Waals surface area contributed by atoms with E-state index in [-0.39, 0.29) is 13.2 Å². The molecule has 2 atom stereocenters. The first kappa shape index (κ1) is 14.5. The number of hydrogen-bond donors (Lipinski definition) is 0. The van der Waals surface area contributed by atoms with Crippen molar-refractivity contribution in [2.45, 2.75) is 24.6 Å². The van der Waals surface area contributed by atoms with E-state index in [4.69, 9.17) is 9.05 Å². The summed E-state index contributed by atoms with van der Waals surface area (Å²) >= 11 is 0. The van der Waals surface area contributed by atoms with Gasteiger partial charge >= 0.3 is 7.60 Å². The highest BCUT2D eigenvalue weighted by Gasteiger charge is 2.46. The van der Waals surface area contributed by atoms with Gasteiger partial charge in [0.2, 0.25) is 4.32 Å². The molecule has 1 aliphatic rings. The van der Waals surface area contributed by atoms with E-state index in [0.717, 1.165) is 0 Å². The van der Waals surface area contributed by atoms with Crippen molar-refractivity contribution in [1.82, 2.24) is 0 Å². The summed E-state index contributed by atoms with van der Waals surface area (Å²) in [6.07, 6.45) is 0.633. The summed E-state index contributed by atoms with van der Waals surface area (Å²) in [6, 6.07) is 0. The molecule has 0 saturated carbocycles. The predicted molar refractivity (Wildman–Crippen MR) is 65.3 cm³/mol. The van der Waals surface area contributed by atoms with E-state index in [9.17, 15) is 13.0 Å². The number of rotatable bonds is 5. The summed E-state index contributed by atoms with van der Waals surface area (Å²) in [6.45, 7) is 3.75. The second-order valence-electron chi connectivity index (χ2n) is 3.21. The maximum absolute atomic E-state index is 12.4. The van der Waals surface area contributed by atoms with Crippen LogP contribution >= 0.6 is 7.60 Å². The third-order valence-corrected chi connectivity index (χ3v) is 10.3. The summed E-state index contributed by atoms with van der Waals surface area (Å²) in [5.41, 5.74) is 0. The van der Waals surface area contributed by atoms with Gasteiger partial charge in [0.1, 0.15) is 0 Å². The standard InChI is InChI=1S/C8H17O5PS2/c1-3-12-14(9,13-4-2)8-15(10)6-5-7-16(8)11/h8H,3-7H2,1-2H3. The fraction of sp³-hybridized carbons (Fsp3) is 1.00.